The molecule has 0 saturated carbocycles. The standard InChI is InChI=1S/C12H17NO/c1-9(2)12(13-10(3)14)11-7-5-4-6-8-11/h4-9,12H,1-3H3,(H,13,14)/t12-/m1/s1. The highest BCUT2D eigenvalue weighted by molar-refractivity contribution is 5.73. The molecule has 0 fully saturated rings. The van der Waals surface area contributed by atoms with E-state index in [1.807, 2.05) is 30.3 Å². The molecule has 2 heteroatoms. The number of carbonyl (C=O) groups excluding carboxylic acids is 1. The van der Waals surface area contributed by atoms with Crippen LogP contribution in [0.2, 0.25) is 0 Å². The van der Waals surface area contributed by atoms with Gasteiger partial charge < -0.3 is 5.32 Å². The molecule has 1 rings (SSSR count). The third-order valence-electron chi connectivity index (χ3n) is 2.18. The third-order valence-corrected chi connectivity index (χ3v) is 2.18. The molecule has 14 heavy (non-hydrogen) atoms. The van der Waals surface area contributed by atoms with Crippen molar-refractivity contribution in [2.75, 3.05) is 0 Å². The van der Waals surface area contributed by atoms with Gasteiger partial charge in [0.2, 0.25) is 5.91 Å². The maximum atomic E-state index is 11.0. The molecular weight excluding hydrogens is 174 g/mol. The molecule has 1 amide bonds. The quantitative estimate of drug-likeness (QED) is 0.781. The summed E-state index contributed by atoms with van der Waals surface area (Å²) < 4.78 is 0. The summed E-state index contributed by atoms with van der Waals surface area (Å²) in [6.45, 7) is 5.76. The van der Waals surface area contributed by atoms with Crippen molar-refractivity contribution in [3.8, 4) is 0 Å². The van der Waals surface area contributed by atoms with Crippen LogP contribution in [0.15, 0.2) is 30.3 Å². The van der Waals surface area contributed by atoms with E-state index in [9.17, 15) is 4.79 Å². The number of carbonyl (C=O) groups is 1. The Labute approximate surface area is 85.3 Å². The van der Waals surface area contributed by atoms with Crippen molar-refractivity contribution in [2.45, 2.75) is 26.8 Å². The fourth-order valence-electron chi connectivity index (χ4n) is 1.51. The van der Waals surface area contributed by atoms with E-state index >= 15 is 0 Å². The lowest BCUT2D eigenvalue weighted by atomic mass is 9.96. The van der Waals surface area contributed by atoms with Crippen LogP contribution < -0.4 is 5.32 Å². The Morgan fingerprint density at radius 2 is 1.79 bits per heavy atom. The molecule has 1 atom stereocenters. The molecule has 1 aromatic rings. The first-order valence-corrected chi connectivity index (χ1v) is 4.93. The van der Waals surface area contributed by atoms with Crippen LogP contribution in [0.1, 0.15) is 32.4 Å². The molecule has 0 unspecified atom stereocenters. The predicted octanol–water partition coefficient (Wildman–Crippen LogP) is 2.52. The minimum absolute atomic E-state index is 0.0209. The molecule has 0 aliphatic carbocycles. The van der Waals surface area contributed by atoms with Gasteiger partial charge in [-0.15, -0.1) is 0 Å². The lowest BCUT2D eigenvalue weighted by Crippen LogP contribution is -2.29. The van der Waals surface area contributed by atoms with Crippen LogP contribution in [-0.2, 0) is 4.79 Å². The van der Waals surface area contributed by atoms with Gasteiger partial charge in [-0.05, 0) is 11.5 Å². The first-order chi connectivity index (χ1) is 6.61. The number of hydrogen-bond donors (Lipinski definition) is 1. The average Bonchev–Trinajstić information content (AvgIpc) is 2.15. The zero-order valence-corrected chi connectivity index (χ0v) is 8.95. The van der Waals surface area contributed by atoms with Gasteiger partial charge in [-0.2, -0.15) is 0 Å². The van der Waals surface area contributed by atoms with Crippen molar-refractivity contribution in [3.63, 3.8) is 0 Å². The van der Waals surface area contributed by atoms with Gasteiger partial charge in [0.05, 0.1) is 6.04 Å². The first kappa shape index (κ1) is 10.8. The van der Waals surface area contributed by atoms with E-state index < -0.39 is 0 Å². The summed E-state index contributed by atoms with van der Waals surface area (Å²) in [5.74, 6) is 0.425. The molecular formula is C12H17NO. The molecule has 0 radical (unpaired) electrons. The number of amides is 1. The summed E-state index contributed by atoms with van der Waals surface area (Å²) in [7, 11) is 0. The molecule has 0 aliphatic rings. The molecule has 0 spiro atoms. The van der Waals surface area contributed by atoms with Crippen LogP contribution in [0.4, 0.5) is 0 Å². The average molecular weight is 191 g/mol. The second kappa shape index (κ2) is 4.80. The Kier molecular flexibility index (Phi) is 3.69. The van der Waals surface area contributed by atoms with Gasteiger partial charge in [0.25, 0.3) is 0 Å². The lowest BCUT2D eigenvalue weighted by Gasteiger charge is -2.21. The van der Waals surface area contributed by atoms with Crippen LogP contribution >= 0.6 is 0 Å². The molecule has 0 heterocycles. The summed E-state index contributed by atoms with van der Waals surface area (Å²) in [5.41, 5.74) is 1.16. The molecule has 0 saturated heterocycles. The number of hydrogen-bond acceptors (Lipinski definition) is 1. The van der Waals surface area contributed by atoms with Gasteiger partial charge in [0.15, 0.2) is 0 Å². The van der Waals surface area contributed by atoms with Crippen molar-refractivity contribution in [3.05, 3.63) is 35.9 Å². The molecule has 0 aromatic heterocycles. The Morgan fingerprint density at radius 1 is 1.21 bits per heavy atom. The normalized spacial score (nSPS) is 12.6. The van der Waals surface area contributed by atoms with Crippen LogP contribution in [0.5, 0.6) is 0 Å². The summed E-state index contributed by atoms with van der Waals surface area (Å²) in [6, 6.07) is 10.2. The third kappa shape index (κ3) is 2.87. The topological polar surface area (TPSA) is 29.1 Å². The van der Waals surface area contributed by atoms with Gasteiger partial charge >= 0.3 is 0 Å². The molecule has 2 nitrogen and oxygen atoms in total. The van der Waals surface area contributed by atoms with Crippen molar-refractivity contribution in [1.29, 1.82) is 0 Å². The smallest absolute Gasteiger partial charge is 0.217 e. The highest BCUT2D eigenvalue weighted by Crippen LogP contribution is 2.20. The summed E-state index contributed by atoms with van der Waals surface area (Å²) in [5, 5.41) is 2.96. The van der Waals surface area contributed by atoms with Crippen molar-refractivity contribution >= 4 is 5.91 Å². The Morgan fingerprint density at radius 3 is 2.21 bits per heavy atom. The predicted molar refractivity (Wildman–Crippen MR) is 57.8 cm³/mol. The fraction of sp³-hybridized carbons (Fsp3) is 0.417. The van der Waals surface area contributed by atoms with E-state index in [1.54, 1.807) is 6.92 Å². The largest absolute Gasteiger partial charge is 0.349 e. The number of nitrogens with one attached hydrogen (secondary N) is 1. The highest BCUT2D eigenvalue weighted by Gasteiger charge is 2.15. The Hall–Kier alpha value is -1.31. The van der Waals surface area contributed by atoms with E-state index in [4.69, 9.17) is 0 Å². The molecule has 1 N–H and O–H groups in total. The Bertz CT molecular complexity index is 292. The highest BCUT2D eigenvalue weighted by atomic mass is 16.1. The van der Waals surface area contributed by atoms with Crippen molar-refractivity contribution in [2.24, 2.45) is 5.92 Å². The van der Waals surface area contributed by atoms with E-state index in [2.05, 4.69) is 19.2 Å². The monoisotopic (exact) mass is 191 g/mol. The van der Waals surface area contributed by atoms with Crippen molar-refractivity contribution < 1.29 is 4.79 Å². The lowest BCUT2D eigenvalue weighted by molar-refractivity contribution is -0.120. The zero-order chi connectivity index (χ0) is 10.6. The minimum atomic E-state index is 0.0209. The molecule has 0 bridgehead atoms. The van der Waals surface area contributed by atoms with Crippen LogP contribution in [0.25, 0.3) is 0 Å². The number of benzene rings is 1. The summed E-state index contributed by atoms with van der Waals surface area (Å²) in [4.78, 5) is 11.0. The number of rotatable bonds is 3. The zero-order valence-electron chi connectivity index (χ0n) is 8.95. The molecule has 76 valence electrons. The van der Waals surface area contributed by atoms with Gasteiger partial charge in [0.1, 0.15) is 0 Å². The van der Waals surface area contributed by atoms with Gasteiger partial charge in [-0.1, -0.05) is 44.2 Å². The van der Waals surface area contributed by atoms with E-state index in [-0.39, 0.29) is 11.9 Å². The first-order valence-electron chi connectivity index (χ1n) is 4.93. The van der Waals surface area contributed by atoms with Crippen LogP contribution in [0, 0.1) is 5.92 Å². The van der Waals surface area contributed by atoms with Gasteiger partial charge in [-0.25, -0.2) is 0 Å². The fourth-order valence-corrected chi connectivity index (χ4v) is 1.51. The van der Waals surface area contributed by atoms with E-state index in [0.717, 1.165) is 5.56 Å². The van der Waals surface area contributed by atoms with Crippen LogP contribution in [-0.4, -0.2) is 5.91 Å². The Balaban J connectivity index is 2.83. The minimum Gasteiger partial charge on any atom is -0.349 e. The summed E-state index contributed by atoms with van der Waals surface area (Å²) >= 11 is 0. The maximum Gasteiger partial charge on any atom is 0.217 e. The van der Waals surface area contributed by atoms with Gasteiger partial charge in [-0.3, -0.25) is 4.79 Å². The van der Waals surface area contributed by atoms with Crippen molar-refractivity contribution in [1.82, 2.24) is 5.32 Å². The maximum absolute atomic E-state index is 11.0. The van der Waals surface area contributed by atoms with Crippen LogP contribution in [0.3, 0.4) is 0 Å². The second-order valence-electron chi connectivity index (χ2n) is 3.83. The second-order valence-corrected chi connectivity index (χ2v) is 3.83. The van der Waals surface area contributed by atoms with Gasteiger partial charge in [0, 0.05) is 6.92 Å². The SMILES string of the molecule is CC(=O)N[C@@H](c1ccccc1)C(C)C. The van der Waals surface area contributed by atoms with E-state index in [1.165, 1.54) is 0 Å². The van der Waals surface area contributed by atoms with E-state index in [0.29, 0.717) is 5.92 Å². The molecule has 0 aliphatic heterocycles. The molecule has 1 aromatic carbocycles. The summed E-state index contributed by atoms with van der Waals surface area (Å²) in [6.07, 6.45) is 0.